The minimum Gasteiger partial charge on any atom is -0.497 e. The summed E-state index contributed by atoms with van der Waals surface area (Å²) in [6, 6.07) is 28.7. The highest BCUT2D eigenvalue weighted by atomic mass is 16.5. The normalized spacial score (nSPS) is 11.6. The van der Waals surface area contributed by atoms with Crippen LogP contribution in [0.2, 0.25) is 0 Å². The lowest BCUT2D eigenvalue weighted by molar-refractivity contribution is -0.127. The molecule has 1 aromatic heterocycles. The van der Waals surface area contributed by atoms with Crippen LogP contribution in [-0.4, -0.2) is 41.0 Å². The summed E-state index contributed by atoms with van der Waals surface area (Å²) in [6.45, 7) is 2.07. The quantitative estimate of drug-likeness (QED) is 0.268. The van der Waals surface area contributed by atoms with Gasteiger partial charge in [0.25, 0.3) is 0 Å². The molecule has 1 heterocycles. The van der Waals surface area contributed by atoms with Gasteiger partial charge in [0.05, 0.1) is 25.4 Å². The molecule has 2 amide bonds. The summed E-state index contributed by atoms with van der Waals surface area (Å²) in [5, 5.41) is 11.4. The number of fused-ring (bicyclic) bond motifs is 1. The predicted octanol–water partition coefficient (Wildman–Crippen LogP) is 4.85. The highest BCUT2D eigenvalue weighted by molar-refractivity contribution is 6.02. The number of aryl methyl sites for hydroxylation is 1. The number of ether oxygens (including phenoxy) is 2. The van der Waals surface area contributed by atoms with Gasteiger partial charge in [0.15, 0.2) is 0 Å². The molecule has 0 saturated heterocycles. The first-order valence-corrected chi connectivity index (χ1v) is 13.2. The molecule has 0 spiro atoms. The number of aromatic nitrogens is 3. The third-order valence-electron chi connectivity index (χ3n) is 6.79. The fourth-order valence-corrected chi connectivity index (χ4v) is 4.76. The van der Waals surface area contributed by atoms with Crippen LogP contribution in [0.4, 0.5) is 5.69 Å². The number of nitrogens with zero attached hydrogens (tertiary/aromatic N) is 4. The Kier molecular flexibility index (Phi) is 8.24. The Hall–Kier alpha value is -5.18. The van der Waals surface area contributed by atoms with Crippen LogP contribution in [0.3, 0.4) is 0 Å². The maximum atomic E-state index is 14.4. The molecule has 0 saturated carbocycles. The Morgan fingerprint density at radius 2 is 1.68 bits per heavy atom. The van der Waals surface area contributed by atoms with E-state index in [-0.39, 0.29) is 18.4 Å². The Balaban J connectivity index is 1.62. The molecule has 9 nitrogen and oxygen atoms in total. The van der Waals surface area contributed by atoms with Gasteiger partial charge in [-0.05, 0) is 60.0 Å². The number of amides is 2. The van der Waals surface area contributed by atoms with E-state index in [1.807, 2.05) is 79.7 Å². The number of methoxy groups -OCH3 is 2. The fraction of sp³-hybridized carbons (Fsp3) is 0.188. The van der Waals surface area contributed by atoms with Crippen LogP contribution in [-0.2, 0) is 22.7 Å². The number of benzene rings is 4. The second-order valence-corrected chi connectivity index (χ2v) is 9.56. The number of hydrogen-bond acceptors (Lipinski definition) is 6. The zero-order chi connectivity index (χ0) is 28.8. The van der Waals surface area contributed by atoms with E-state index in [2.05, 4.69) is 15.6 Å². The molecule has 5 rings (SSSR count). The number of anilines is 1. The van der Waals surface area contributed by atoms with E-state index >= 15 is 0 Å². The number of carbonyl (C=O) groups excluding carboxylic acids is 2. The van der Waals surface area contributed by atoms with E-state index in [0.29, 0.717) is 40.3 Å². The van der Waals surface area contributed by atoms with Gasteiger partial charge in [-0.25, -0.2) is 4.68 Å². The van der Waals surface area contributed by atoms with Crippen LogP contribution in [0.1, 0.15) is 22.7 Å². The van der Waals surface area contributed by atoms with Crippen LogP contribution in [0, 0.1) is 6.92 Å². The van der Waals surface area contributed by atoms with E-state index < -0.39 is 6.04 Å². The van der Waals surface area contributed by atoms with Crippen molar-refractivity contribution in [2.24, 2.45) is 0 Å². The maximum Gasteiger partial charge on any atom is 0.249 e. The number of para-hydroxylation sites is 1. The minimum absolute atomic E-state index is 0.149. The number of carbonyl (C=O) groups is 2. The SMILES string of the molecule is COc1cccc([C@@H](C(=O)NCc2ccccc2)N(C(=O)Cn2nnc3ccccc32)c2cc(C)ccc2OC)c1. The molecule has 4 aromatic carbocycles. The van der Waals surface area contributed by atoms with E-state index in [0.717, 1.165) is 11.1 Å². The van der Waals surface area contributed by atoms with Crippen molar-refractivity contribution in [3.05, 3.63) is 114 Å². The summed E-state index contributed by atoms with van der Waals surface area (Å²) in [5.74, 6) is 0.292. The van der Waals surface area contributed by atoms with Crippen molar-refractivity contribution in [1.82, 2.24) is 20.3 Å². The molecule has 0 radical (unpaired) electrons. The van der Waals surface area contributed by atoms with Gasteiger partial charge in [-0.2, -0.15) is 0 Å². The zero-order valence-corrected chi connectivity index (χ0v) is 23.2. The van der Waals surface area contributed by atoms with Gasteiger partial charge in [0, 0.05) is 6.54 Å². The summed E-state index contributed by atoms with van der Waals surface area (Å²) in [4.78, 5) is 29.9. The number of nitrogens with one attached hydrogen (secondary N) is 1. The zero-order valence-electron chi connectivity index (χ0n) is 23.2. The summed E-state index contributed by atoms with van der Waals surface area (Å²) in [6.07, 6.45) is 0. The molecule has 1 atom stereocenters. The molecule has 9 heteroatoms. The second kappa shape index (κ2) is 12.3. The lowest BCUT2D eigenvalue weighted by Crippen LogP contribution is -2.45. The second-order valence-electron chi connectivity index (χ2n) is 9.56. The van der Waals surface area contributed by atoms with Crippen LogP contribution >= 0.6 is 0 Å². The first-order valence-electron chi connectivity index (χ1n) is 13.2. The summed E-state index contributed by atoms with van der Waals surface area (Å²) in [5.41, 5.74) is 4.26. The van der Waals surface area contributed by atoms with Crippen molar-refractivity contribution >= 4 is 28.5 Å². The molecule has 41 heavy (non-hydrogen) atoms. The molecule has 0 unspecified atom stereocenters. The average molecular weight is 550 g/mol. The minimum atomic E-state index is -1.05. The van der Waals surface area contributed by atoms with Gasteiger partial charge in [-0.1, -0.05) is 65.9 Å². The molecule has 0 aliphatic rings. The molecular weight excluding hydrogens is 518 g/mol. The van der Waals surface area contributed by atoms with Crippen molar-refractivity contribution in [3.63, 3.8) is 0 Å². The van der Waals surface area contributed by atoms with Crippen LogP contribution in [0.5, 0.6) is 11.5 Å². The standard InChI is InChI=1S/C32H31N5O4/c1-22-16-17-29(41-3)28(18-22)37(30(38)21-36-27-15-8-7-14-26(27)34-35-36)31(24-12-9-13-25(19-24)40-2)32(39)33-20-23-10-5-4-6-11-23/h4-19,31H,20-21H2,1-3H3,(H,33,39)/t31-/m0/s1. The summed E-state index contributed by atoms with van der Waals surface area (Å²) in [7, 11) is 3.10. The Bertz CT molecular complexity index is 1670. The molecule has 0 bridgehead atoms. The van der Waals surface area contributed by atoms with Gasteiger partial charge in [-0.3, -0.25) is 14.5 Å². The number of hydrogen-bond donors (Lipinski definition) is 1. The first kappa shape index (κ1) is 27.4. The van der Waals surface area contributed by atoms with Crippen molar-refractivity contribution in [2.75, 3.05) is 19.1 Å². The van der Waals surface area contributed by atoms with E-state index in [1.54, 1.807) is 31.4 Å². The van der Waals surface area contributed by atoms with Gasteiger partial charge in [0.1, 0.15) is 29.6 Å². The summed E-state index contributed by atoms with van der Waals surface area (Å²) >= 11 is 0. The molecular formula is C32H31N5O4. The molecule has 1 N–H and O–H groups in total. The van der Waals surface area contributed by atoms with Crippen molar-refractivity contribution in [3.8, 4) is 11.5 Å². The molecule has 0 aliphatic heterocycles. The highest BCUT2D eigenvalue weighted by Crippen LogP contribution is 2.37. The molecule has 5 aromatic rings. The Morgan fingerprint density at radius 1 is 0.902 bits per heavy atom. The fourth-order valence-electron chi connectivity index (χ4n) is 4.76. The van der Waals surface area contributed by atoms with E-state index in [4.69, 9.17) is 9.47 Å². The summed E-state index contributed by atoms with van der Waals surface area (Å²) < 4.78 is 12.7. The first-order chi connectivity index (χ1) is 20.0. The van der Waals surface area contributed by atoms with Crippen LogP contribution in [0.15, 0.2) is 97.1 Å². The monoisotopic (exact) mass is 549 g/mol. The third kappa shape index (κ3) is 6.04. The van der Waals surface area contributed by atoms with Gasteiger partial charge in [-0.15, -0.1) is 5.10 Å². The molecule has 0 fully saturated rings. The Labute approximate surface area is 238 Å². The highest BCUT2D eigenvalue weighted by Gasteiger charge is 2.35. The van der Waals surface area contributed by atoms with Gasteiger partial charge >= 0.3 is 0 Å². The smallest absolute Gasteiger partial charge is 0.249 e. The lowest BCUT2D eigenvalue weighted by Gasteiger charge is -2.33. The van der Waals surface area contributed by atoms with Crippen molar-refractivity contribution < 1.29 is 19.1 Å². The largest absolute Gasteiger partial charge is 0.497 e. The molecule has 208 valence electrons. The Morgan fingerprint density at radius 3 is 2.46 bits per heavy atom. The van der Waals surface area contributed by atoms with Crippen LogP contribution in [0.25, 0.3) is 11.0 Å². The topological polar surface area (TPSA) is 98.6 Å². The van der Waals surface area contributed by atoms with E-state index in [9.17, 15) is 9.59 Å². The lowest BCUT2D eigenvalue weighted by atomic mass is 10.0. The maximum absolute atomic E-state index is 14.4. The molecule has 0 aliphatic carbocycles. The van der Waals surface area contributed by atoms with Crippen molar-refractivity contribution in [1.29, 1.82) is 0 Å². The van der Waals surface area contributed by atoms with Gasteiger partial charge < -0.3 is 14.8 Å². The number of rotatable bonds is 10. The van der Waals surface area contributed by atoms with Crippen LogP contribution < -0.4 is 19.7 Å². The predicted molar refractivity (Wildman–Crippen MR) is 157 cm³/mol. The van der Waals surface area contributed by atoms with Crippen molar-refractivity contribution in [2.45, 2.75) is 26.1 Å². The van der Waals surface area contributed by atoms with Gasteiger partial charge in [0.2, 0.25) is 11.8 Å². The third-order valence-corrected chi connectivity index (χ3v) is 6.79. The average Bonchev–Trinajstić information content (AvgIpc) is 3.41. The van der Waals surface area contributed by atoms with E-state index in [1.165, 1.54) is 16.7 Å².